The van der Waals surface area contributed by atoms with Gasteiger partial charge < -0.3 is 10.2 Å². The van der Waals surface area contributed by atoms with Gasteiger partial charge in [-0.2, -0.15) is 0 Å². The van der Waals surface area contributed by atoms with Crippen LogP contribution in [0.25, 0.3) is 22.3 Å². The fourth-order valence-corrected chi connectivity index (χ4v) is 3.27. The number of aromatic nitrogens is 3. The number of pyridine rings is 1. The Morgan fingerprint density at radius 2 is 1.64 bits per heavy atom. The molecule has 0 fully saturated rings. The fraction of sp³-hybridized carbons (Fsp3) is 0.174. The van der Waals surface area contributed by atoms with Gasteiger partial charge in [-0.15, -0.1) is 0 Å². The number of nitrogens with zero attached hydrogens (tertiary/aromatic N) is 4. The van der Waals surface area contributed by atoms with Crippen LogP contribution >= 0.6 is 0 Å². The van der Waals surface area contributed by atoms with Gasteiger partial charge in [-0.1, -0.05) is 48.5 Å². The lowest BCUT2D eigenvalue weighted by Crippen LogP contribution is -2.23. The average molecular weight is 369 g/mol. The van der Waals surface area contributed by atoms with E-state index in [9.17, 15) is 0 Å². The molecule has 0 saturated carbocycles. The Hall–Kier alpha value is -3.47. The lowest BCUT2D eigenvalue weighted by molar-refractivity contribution is 0.843. The predicted molar refractivity (Wildman–Crippen MR) is 116 cm³/mol. The van der Waals surface area contributed by atoms with Crippen molar-refractivity contribution in [2.75, 3.05) is 23.3 Å². The average Bonchev–Trinajstić information content (AvgIpc) is 2.75. The van der Waals surface area contributed by atoms with Crippen LogP contribution in [0.2, 0.25) is 0 Å². The highest BCUT2D eigenvalue weighted by atomic mass is 15.2. The summed E-state index contributed by atoms with van der Waals surface area (Å²) in [7, 11) is 0. The summed E-state index contributed by atoms with van der Waals surface area (Å²) in [6, 6.07) is 22.2. The third-order valence-corrected chi connectivity index (χ3v) is 4.73. The lowest BCUT2D eigenvalue weighted by Gasteiger charge is -2.21. The first kappa shape index (κ1) is 17.9. The second-order valence-corrected chi connectivity index (χ2v) is 6.48. The lowest BCUT2D eigenvalue weighted by atomic mass is 10.2. The van der Waals surface area contributed by atoms with Crippen LogP contribution in [-0.2, 0) is 0 Å². The van der Waals surface area contributed by atoms with Crippen molar-refractivity contribution >= 4 is 28.2 Å². The fourth-order valence-electron chi connectivity index (χ4n) is 3.27. The second-order valence-electron chi connectivity index (χ2n) is 6.48. The van der Waals surface area contributed by atoms with Gasteiger partial charge >= 0.3 is 0 Å². The molecular formula is C23H23N5. The van der Waals surface area contributed by atoms with E-state index in [2.05, 4.69) is 41.2 Å². The largest absolute Gasteiger partial charge is 0.357 e. The summed E-state index contributed by atoms with van der Waals surface area (Å²) in [5, 5.41) is 4.55. The van der Waals surface area contributed by atoms with Crippen LogP contribution in [0.15, 0.2) is 72.9 Å². The Morgan fingerprint density at radius 1 is 0.857 bits per heavy atom. The van der Waals surface area contributed by atoms with Crippen LogP contribution in [0.3, 0.4) is 0 Å². The first-order valence-corrected chi connectivity index (χ1v) is 9.58. The van der Waals surface area contributed by atoms with Crippen LogP contribution in [0.5, 0.6) is 0 Å². The molecule has 4 rings (SSSR count). The van der Waals surface area contributed by atoms with Crippen LogP contribution in [0.4, 0.5) is 17.3 Å². The Labute approximate surface area is 165 Å². The number of hydrogen-bond donors (Lipinski definition) is 1. The molecule has 0 unspecified atom stereocenters. The van der Waals surface area contributed by atoms with Gasteiger partial charge in [0, 0.05) is 36.3 Å². The molecular weight excluding hydrogens is 346 g/mol. The van der Waals surface area contributed by atoms with E-state index in [1.165, 1.54) is 0 Å². The summed E-state index contributed by atoms with van der Waals surface area (Å²) in [4.78, 5) is 16.3. The normalized spacial score (nSPS) is 10.8. The number of fused-ring (bicyclic) bond motifs is 1. The number of benzene rings is 2. The third-order valence-electron chi connectivity index (χ3n) is 4.73. The van der Waals surface area contributed by atoms with Crippen molar-refractivity contribution < 1.29 is 0 Å². The highest BCUT2D eigenvalue weighted by Crippen LogP contribution is 2.27. The summed E-state index contributed by atoms with van der Waals surface area (Å²) in [5.74, 6) is 2.38. The standard InChI is InChI=1S/C23H23N5/c1-3-28(4-2)21-16-20(26-23(27-21)18-10-6-5-7-11-18)25-19-14-8-12-17-13-9-15-24-22(17)19/h5-16H,3-4H2,1-2H3,(H,25,26,27). The second kappa shape index (κ2) is 8.05. The molecule has 0 saturated heterocycles. The molecule has 5 heteroatoms. The van der Waals surface area contributed by atoms with E-state index in [1.54, 1.807) is 0 Å². The summed E-state index contributed by atoms with van der Waals surface area (Å²) < 4.78 is 0. The molecule has 5 nitrogen and oxygen atoms in total. The van der Waals surface area contributed by atoms with Crippen molar-refractivity contribution in [1.29, 1.82) is 0 Å². The zero-order valence-corrected chi connectivity index (χ0v) is 16.1. The Kier molecular flexibility index (Phi) is 5.15. The predicted octanol–water partition coefficient (Wildman–Crippen LogP) is 5.28. The molecule has 2 aromatic carbocycles. The van der Waals surface area contributed by atoms with Crippen LogP contribution < -0.4 is 10.2 Å². The minimum absolute atomic E-state index is 0.709. The van der Waals surface area contributed by atoms with E-state index < -0.39 is 0 Å². The highest BCUT2D eigenvalue weighted by molar-refractivity contribution is 5.91. The van der Waals surface area contributed by atoms with Crippen LogP contribution in [0.1, 0.15) is 13.8 Å². The van der Waals surface area contributed by atoms with Crippen molar-refractivity contribution in [3.8, 4) is 11.4 Å². The minimum atomic E-state index is 0.709. The van der Waals surface area contributed by atoms with Gasteiger partial charge in [-0.25, -0.2) is 9.97 Å². The van der Waals surface area contributed by atoms with E-state index in [0.29, 0.717) is 5.82 Å². The van der Waals surface area contributed by atoms with Crippen molar-refractivity contribution in [3.05, 3.63) is 72.9 Å². The first-order valence-electron chi connectivity index (χ1n) is 9.58. The summed E-state index contributed by atoms with van der Waals surface area (Å²) in [6.45, 7) is 6.04. The topological polar surface area (TPSA) is 53.9 Å². The maximum atomic E-state index is 4.81. The summed E-state index contributed by atoms with van der Waals surface area (Å²) >= 11 is 0. The van der Waals surface area contributed by atoms with Crippen LogP contribution in [0, 0.1) is 0 Å². The molecule has 140 valence electrons. The van der Waals surface area contributed by atoms with Gasteiger partial charge in [0.25, 0.3) is 0 Å². The zero-order chi connectivity index (χ0) is 19.3. The van der Waals surface area contributed by atoms with Crippen LogP contribution in [-0.4, -0.2) is 28.0 Å². The zero-order valence-electron chi connectivity index (χ0n) is 16.1. The number of rotatable bonds is 6. The highest BCUT2D eigenvalue weighted by Gasteiger charge is 2.12. The van der Waals surface area contributed by atoms with E-state index >= 15 is 0 Å². The number of para-hydroxylation sites is 1. The molecule has 0 bridgehead atoms. The van der Waals surface area contributed by atoms with Crippen molar-refractivity contribution in [2.45, 2.75) is 13.8 Å². The molecule has 4 aromatic rings. The smallest absolute Gasteiger partial charge is 0.163 e. The monoisotopic (exact) mass is 369 g/mol. The van der Waals surface area contributed by atoms with Gasteiger partial charge in [0.1, 0.15) is 11.6 Å². The molecule has 1 N–H and O–H groups in total. The van der Waals surface area contributed by atoms with E-state index in [1.807, 2.05) is 60.8 Å². The van der Waals surface area contributed by atoms with E-state index in [-0.39, 0.29) is 0 Å². The quantitative estimate of drug-likeness (QED) is 0.501. The van der Waals surface area contributed by atoms with Crippen molar-refractivity contribution in [1.82, 2.24) is 15.0 Å². The van der Waals surface area contributed by atoms with E-state index in [4.69, 9.17) is 9.97 Å². The van der Waals surface area contributed by atoms with Gasteiger partial charge in [0.15, 0.2) is 5.82 Å². The SMILES string of the molecule is CCN(CC)c1cc(Nc2cccc3cccnc23)nc(-c2ccccc2)n1. The Balaban J connectivity index is 1.80. The maximum Gasteiger partial charge on any atom is 0.163 e. The Morgan fingerprint density at radius 3 is 2.43 bits per heavy atom. The third kappa shape index (κ3) is 3.64. The molecule has 0 spiro atoms. The summed E-state index contributed by atoms with van der Waals surface area (Å²) in [5.41, 5.74) is 2.85. The number of hydrogen-bond acceptors (Lipinski definition) is 5. The van der Waals surface area contributed by atoms with Gasteiger partial charge in [-0.05, 0) is 26.0 Å². The molecule has 0 aliphatic carbocycles. The first-order chi connectivity index (χ1) is 13.8. The molecule has 0 aliphatic rings. The van der Waals surface area contributed by atoms with E-state index in [0.717, 1.165) is 46.9 Å². The van der Waals surface area contributed by atoms with Crippen molar-refractivity contribution in [2.24, 2.45) is 0 Å². The molecule has 28 heavy (non-hydrogen) atoms. The molecule has 2 heterocycles. The van der Waals surface area contributed by atoms with Gasteiger partial charge in [0.05, 0.1) is 11.2 Å². The maximum absolute atomic E-state index is 4.81. The molecule has 0 radical (unpaired) electrons. The molecule has 0 atom stereocenters. The molecule has 0 amide bonds. The summed E-state index contributed by atoms with van der Waals surface area (Å²) in [6.07, 6.45) is 1.81. The number of anilines is 3. The molecule has 2 aromatic heterocycles. The van der Waals surface area contributed by atoms with Gasteiger partial charge in [-0.3, -0.25) is 4.98 Å². The van der Waals surface area contributed by atoms with Crippen molar-refractivity contribution in [3.63, 3.8) is 0 Å². The number of nitrogens with one attached hydrogen (secondary N) is 1. The van der Waals surface area contributed by atoms with Gasteiger partial charge in [0.2, 0.25) is 0 Å². The minimum Gasteiger partial charge on any atom is -0.357 e. The Bertz CT molecular complexity index is 1070. The molecule has 0 aliphatic heterocycles.